The molecule has 1 N–H and O–H groups in total. The molecule has 6 heteroatoms. The molecule has 0 bridgehead atoms. The Bertz CT molecular complexity index is 735. The lowest BCUT2D eigenvalue weighted by Gasteiger charge is -2.09. The second-order valence-electron chi connectivity index (χ2n) is 4.39. The van der Waals surface area contributed by atoms with Gasteiger partial charge >= 0.3 is 5.97 Å². The quantitative estimate of drug-likeness (QED) is 0.500. The van der Waals surface area contributed by atoms with Crippen molar-refractivity contribution in [2.75, 3.05) is 6.61 Å². The Labute approximate surface area is 138 Å². The number of hydrogen-bond acceptors (Lipinski definition) is 4. The normalized spacial score (nSPS) is 10.9. The second kappa shape index (κ2) is 8.00. The highest BCUT2D eigenvalue weighted by molar-refractivity contribution is 6.34. The number of carbonyl (C=O) groups excluding carboxylic acids is 2. The van der Waals surface area contributed by atoms with Gasteiger partial charge in [0.2, 0.25) is 0 Å². The monoisotopic (exact) mass is 331 g/mol. The molecule has 5 nitrogen and oxygen atoms in total. The lowest BCUT2D eigenvalue weighted by molar-refractivity contribution is -0.138. The smallest absolute Gasteiger partial charge is 0.355 e. The van der Waals surface area contributed by atoms with Crippen LogP contribution in [0.4, 0.5) is 0 Å². The molecule has 2 rings (SSSR count). The van der Waals surface area contributed by atoms with Crippen LogP contribution in [0.25, 0.3) is 6.08 Å². The van der Waals surface area contributed by atoms with Crippen LogP contribution in [0, 0.1) is 0 Å². The van der Waals surface area contributed by atoms with Crippen molar-refractivity contribution in [2.45, 2.75) is 0 Å². The van der Waals surface area contributed by atoms with Crippen LogP contribution in [0.5, 0.6) is 0 Å². The van der Waals surface area contributed by atoms with Crippen molar-refractivity contribution in [2.24, 2.45) is 0 Å². The molecule has 1 aromatic carbocycles. The Hall–Kier alpha value is -2.79. The van der Waals surface area contributed by atoms with Crippen molar-refractivity contribution < 1.29 is 18.7 Å². The van der Waals surface area contributed by atoms with E-state index in [1.807, 2.05) is 0 Å². The van der Waals surface area contributed by atoms with Crippen LogP contribution in [-0.2, 0) is 9.53 Å². The number of benzene rings is 1. The lowest BCUT2D eigenvalue weighted by atomic mass is 10.2. The van der Waals surface area contributed by atoms with Crippen LogP contribution in [0.15, 0.2) is 65.4 Å². The van der Waals surface area contributed by atoms with E-state index >= 15 is 0 Å². The summed E-state index contributed by atoms with van der Waals surface area (Å²) in [5.41, 5.74) is 0.183. The molecule has 1 aromatic heterocycles. The number of nitrogens with one attached hydrogen (secondary N) is 1. The molecule has 23 heavy (non-hydrogen) atoms. The van der Waals surface area contributed by atoms with Crippen LogP contribution in [0.1, 0.15) is 16.1 Å². The molecule has 0 fully saturated rings. The number of rotatable bonds is 6. The molecule has 118 valence electrons. The van der Waals surface area contributed by atoms with Crippen LogP contribution in [0.2, 0.25) is 5.02 Å². The Kier molecular flexibility index (Phi) is 5.77. The minimum absolute atomic E-state index is 0.0241. The topological polar surface area (TPSA) is 68.5 Å². The first-order valence-corrected chi connectivity index (χ1v) is 7.08. The number of halogens is 1. The van der Waals surface area contributed by atoms with E-state index in [4.69, 9.17) is 20.8 Å². The Morgan fingerprint density at radius 3 is 2.70 bits per heavy atom. The SMILES string of the molecule is C=CCOC(=O)/C(=C\c1ccco1)NC(=O)c1ccccc1Cl. The third-order valence-electron chi connectivity index (χ3n) is 2.75. The Balaban J connectivity index is 2.24. The van der Waals surface area contributed by atoms with Gasteiger partial charge < -0.3 is 14.5 Å². The summed E-state index contributed by atoms with van der Waals surface area (Å²) in [6.45, 7) is 3.49. The van der Waals surface area contributed by atoms with E-state index in [0.717, 1.165) is 0 Å². The van der Waals surface area contributed by atoms with Gasteiger partial charge in [0.15, 0.2) is 0 Å². The van der Waals surface area contributed by atoms with Crippen LogP contribution < -0.4 is 5.32 Å². The average molecular weight is 332 g/mol. The van der Waals surface area contributed by atoms with Gasteiger partial charge in [0.05, 0.1) is 16.8 Å². The molecule has 1 heterocycles. The number of carbonyl (C=O) groups is 2. The van der Waals surface area contributed by atoms with Gasteiger partial charge in [-0.25, -0.2) is 4.79 Å². The van der Waals surface area contributed by atoms with Gasteiger partial charge in [0.1, 0.15) is 18.1 Å². The largest absolute Gasteiger partial charge is 0.465 e. The molecule has 0 unspecified atom stereocenters. The maximum atomic E-state index is 12.3. The standard InChI is InChI=1S/C17H14ClNO4/c1-2-9-23-17(21)15(11-12-6-5-10-22-12)19-16(20)13-7-3-4-8-14(13)18/h2-8,10-11H,1,9H2,(H,19,20)/b15-11+. The molecule has 0 saturated carbocycles. The summed E-state index contributed by atoms with van der Waals surface area (Å²) >= 11 is 5.98. The molecule has 0 atom stereocenters. The Morgan fingerprint density at radius 2 is 2.04 bits per heavy atom. The van der Waals surface area contributed by atoms with Crippen molar-refractivity contribution in [1.29, 1.82) is 0 Å². The summed E-state index contributed by atoms with van der Waals surface area (Å²) in [5.74, 6) is -0.833. The zero-order valence-electron chi connectivity index (χ0n) is 12.1. The first-order valence-electron chi connectivity index (χ1n) is 6.71. The van der Waals surface area contributed by atoms with E-state index in [-0.39, 0.29) is 22.9 Å². The minimum Gasteiger partial charge on any atom is -0.465 e. The average Bonchev–Trinajstić information content (AvgIpc) is 3.05. The minimum atomic E-state index is -0.707. The highest BCUT2D eigenvalue weighted by Gasteiger charge is 2.17. The van der Waals surface area contributed by atoms with Crippen molar-refractivity contribution in [3.8, 4) is 0 Å². The predicted molar refractivity (Wildman–Crippen MR) is 86.8 cm³/mol. The fraction of sp³-hybridized carbons (Fsp3) is 0.0588. The van der Waals surface area contributed by atoms with Gasteiger partial charge in [0, 0.05) is 6.08 Å². The maximum absolute atomic E-state index is 12.3. The highest BCUT2D eigenvalue weighted by Crippen LogP contribution is 2.16. The summed E-state index contributed by atoms with van der Waals surface area (Å²) in [4.78, 5) is 24.3. The van der Waals surface area contributed by atoms with Crippen LogP contribution in [-0.4, -0.2) is 18.5 Å². The van der Waals surface area contributed by atoms with Crippen molar-refractivity contribution >= 4 is 29.6 Å². The molecule has 1 amide bonds. The number of amides is 1. The molecule has 0 radical (unpaired) electrons. The Morgan fingerprint density at radius 1 is 1.26 bits per heavy atom. The maximum Gasteiger partial charge on any atom is 0.355 e. The van der Waals surface area contributed by atoms with Gasteiger partial charge in [0.25, 0.3) is 5.91 Å². The van der Waals surface area contributed by atoms with Gasteiger partial charge in [-0.2, -0.15) is 0 Å². The third-order valence-corrected chi connectivity index (χ3v) is 3.08. The summed E-state index contributed by atoms with van der Waals surface area (Å²) in [6.07, 6.45) is 4.26. The summed E-state index contributed by atoms with van der Waals surface area (Å²) in [5, 5.41) is 2.77. The molecular formula is C17H14ClNO4. The van der Waals surface area contributed by atoms with Gasteiger partial charge in [-0.1, -0.05) is 36.4 Å². The first-order chi connectivity index (χ1) is 11.1. The number of furan rings is 1. The molecule has 2 aromatic rings. The van der Waals surface area contributed by atoms with Crippen molar-refractivity contribution in [1.82, 2.24) is 5.32 Å². The molecule has 0 aliphatic heterocycles. The van der Waals surface area contributed by atoms with E-state index in [2.05, 4.69) is 11.9 Å². The lowest BCUT2D eigenvalue weighted by Crippen LogP contribution is -2.28. The van der Waals surface area contributed by atoms with E-state index in [0.29, 0.717) is 5.76 Å². The van der Waals surface area contributed by atoms with Crippen LogP contribution >= 0.6 is 11.6 Å². The summed E-state index contributed by atoms with van der Waals surface area (Å²) < 4.78 is 10.1. The van der Waals surface area contributed by atoms with E-state index in [1.165, 1.54) is 18.4 Å². The van der Waals surface area contributed by atoms with E-state index < -0.39 is 11.9 Å². The van der Waals surface area contributed by atoms with E-state index in [9.17, 15) is 9.59 Å². The van der Waals surface area contributed by atoms with E-state index in [1.54, 1.807) is 36.4 Å². The number of ether oxygens (including phenoxy) is 1. The van der Waals surface area contributed by atoms with Gasteiger partial charge in [-0.3, -0.25) is 4.79 Å². The fourth-order valence-electron chi connectivity index (χ4n) is 1.71. The molecule has 0 aliphatic rings. The molecule has 0 saturated heterocycles. The first kappa shape index (κ1) is 16.6. The van der Waals surface area contributed by atoms with Crippen LogP contribution in [0.3, 0.4) is 0 Å². The van der Waals surface area contributed by atoms with Gasteiger partial charge in [-0.15, -0.1) is 0 Å². The summed E-state index contributed by atoms with van der Waals surface area (Å²) in [7, 11) is 0. The molecular weight excluding hydrogens is 318 g/mol. The summed E-state index contributed by atoms with van der Waals surface area (Å²) in [6, 6.07) is 9.82. The third kappa shape index (κ3) is 4.59. The number of esters is 1. The second-order valence-corrected chi connectivity index (χ2v) is 4.80. The van der Waals surface area contributed by atoms with Crippen molar-refractivity contribution in [3.05, 3.63) is 77.4 Å². The van der Waals surface area contributed by atoms with Gasteiger partial charge in [-0.05, 0) is 24.3 Å². The predicted octanol–water partition coefficient (Wildman–Crippen LogP) is 3.43. The zero-order chi connectivity index (χ0) is 16.7. The molecule has 0 spiro atoms. The molecule has 0 aliphatic carbocycles. The fourth-order valence-corrected chi connectivity index (χ4v) is 1.93. The zero-order valence-corrected chi connectivity index (χ0v) is 12.9. The highest BCUT2D eigenvalue weighted by atomic mass is 35.5. The number of hydrogen-bond donors (Lipinski definition) is 1. The van der Waals surface area contributed by atoms with Crippen molar-refractivity contribution in [3.63, 3.8) is 0 Å².